The van der Waals surface area contributed by atoms with E-state index in [-0.39, 0.29) is 61.9 Å². The van der Waals surface area contributed by atoms with Crippen LogP contribution in [-0.4, -0.2) is 122 Å². The van der Waals surface area contributed by atoms with Crippen LogP contribution in [-0.2, 0) is 97.7 Å². The van der Waals surface area contributed by atoms with Crippen molar-refractivity contribution >= 4 is 29.8 Å². The summed E-state index contributed by atoms with van der Waals surface area (Å²) in [5, 5.41) is 0. The lowest BCUT2D eigenvalue weighted by Crippen LogP contribution is -2.66. The molecular weight excluding hydrogens is 1240 g/mol. The molecule has 7 aromatic rings. The summed E-state index contributed by atoms with van der Waals surface area (Å²) >= 11 is 0. The second-order valence-corrected chi connectivity index (χ2v) is 24.9. The third-order valence-corrected chi connectivity index (χ3v) is 17.9. The summed E-state index contributed by atoms with van der Waals surface area (Å²) in [6.07, 6.45) is -10.3. The molecule has 0 radical (unpaired) electrons. The van der Waals surface area contributed by atoms with Crippen molar-refractivity contribution < 1.29 is 85.7 Å². The molecule has 0 spiro atoms. The predicted molar refractivity (Wildman–Crippen MR) is 354 cm³/mol. The Kier molecular flexibility index (Phi) is 25.7. The van der Waals surface area contributed by atoms with Gasteiger partial charge in [0.05, 0.1) is 54.8 Å². The summed E-state index contributed by atoms with van der Waals surface area (Å²) < 4.78 is 82.3. The van der Waals surface area contributed by atoms with Crippen LogP contribution in [0.4, 0.5) is 0 Å². The van der Waals surface area contributed by atoms with Crippen LogP contribution < -0.4 is 5.48 Å². The zero-order valence-corrected chi connectivity index (χ0v) is 54.6. The number of carbonyl (C=O) groups excluding carboxylic acids is 5. The lowest BCUT2D eigenvalue weighted by atomic mass is 9.85. The molecule has 7 aromatic carbocycles. The smallest absolute Gasteiger partial charge is 0.338 e. The number of esters is 4. The topological polar surface area (TPSA) is 217 Å². The van der Waals surface area contributed by atoms with E-state index in [1.807, 2.05) is 128 Å². The van der Waals surface area contributed by atoms with Crippen LogP contribution in [0.3, 0.4) is 0 Å². The molecule has 2 aliphatic heterocycles. The number of hydrogen-bond acceptors (Lipinski definition) is 19. The fraction of sp³-hybridized carbons (Fsp3) is 0.397. The molecule has 2 heterocycles. The average molecular weight is 1320 g/mol. The maximum absolute atomic E-state index is 15.0. The molecule has 19 heteroatoms. The van der Waals surface area contributed by atoms with Crippen LogP contribution in [0.1, 0.15) is 125 Å². The summed E-state index contributed by atoms with van der Waals surface area (Å²) in [4.78, 5) is 77.3. The SMILES string of the molecule is CC(=O)ON[C@H]1CCC[C@@H](O[C@@H]2O[C@H](COC(=O)c3ccccc3)[C@H](OC(=O)c3ccccc3)[C@H](O[C@@H](CC3CCCCC3)C(=O)OCc3ccccc3)[C@H]2OC(=O)c2ccccc2)[C@@H]1O[C@H]1O[C@H](C)[C@H](OCc2ccccc2)[C@H](OCc2ccccc2)[C@H]1OCc1ccccc1. The molecule has 2 saturated heterocycles. The van der Waals surface area contributed by atoms with Crippen molar-refractivity contribution in [1.29, 1.82) is 0 Å². The first-order valence-corrected chi connectivity index (χ1v) is 33.6. The molecule has 0 aromatic heterocycles. The number of hydrogen-bond donors (Lipinski definition) is 1. The molecular formula is C78H85NO18. The van der Waals surface area contributed by atoms with Gasteiger partial charge in [-0.25, -0.2) is 19.2 Å². The first-order valence-electron chi connectivity index (χ1n) is 33.6. The van der Waals surface area contributed by atoms with Crippen molar-refractivity contribution in [2.24, 2.45) is 5.92 Å². The van der Waals surface area contributed by atoms with Crippen molar-refractivity contribution in [2.45, 2.75) is 184 Å². The van der Waals surface area contributed by atoms with Crippen LogP contribution in [0.25, 0.3) is 0 Å². The van der Waals surface area contributed by atoms with Crippen LogP contribution in [0.5, 0.6) is 0 Å². The molecule has 2 saturated carbocycles. The van der Waals surface area contributed by atoms with Crippen molar-refractivity contribution in [2.75, 3.05) is 6.61 Å². The molecule has 11 rings (SSSR count). The van der Waals surface area contributed by atoms with Gasteiger partial charge in [0.2, 0.25) is 0 Å². The molecule has 2 aliphatic carbocycles. The van der Waals surface area contributed by atoms with Crippen molar-refractivity contribution in [3.63, 3.8) is 0 Å². The fourth-order valence-electron chi connectivity index (χ4n) is 12.9. The highest BCUT2D eigenvalue weighted by atomic mass is 16.8. The molecule has 1 N–H and O–H groups in total. The second kappa shape index (κ2) is 35.7. The van der Waals surface area contributed by atoms with Gasteiger partial charge in [-0.3, -0.25) is 4.79 Å². The summed E-state index contributed by atoms with van der Waals surface area (Å²) in [6, 6.07) is 62.5. The first-order chi connectivity index (χ1) is 47.5. The summed E-state index contributed by atoms with van der Waals surface area (Å²) in [5.74, 6) is -3.72. The van der Waals surface area contributed by atoms with Crippen molar-refractivity contribution in [3.05, 3.63) is 251 Å². The van der Waals surface area contributed by atoms with E-state index in [0.29, 0.717) is 12.8 Å². The molecule has 510 valence electrons. The van der Waals surface area contributed by atoms with Gasteiger partial charge in [-0.2, -0.15) is 0 Å². The number of hydroxylamine groups is 1. The van der Waals surface area contributed by atoms with Crippen LogP contribution in [0, 0.1) is 5.92 Å². The van der Waals surface area contributed by atoms with Crippen molar-refractivity contribution in [1.82, 2.24) is 5.48 Å². The Balaban J connectivity index is 1.00. The Hall–Kier alpha value is -8.47. The third kappa shape index (κ3) is 19.9. The summed E-state index contributed by atoms with van der Waals surface area (Å²) in [6.45, 7) is 3.01. The third-order valence-electron chi connectivity index (χ3n) is 17.9. The number of benzene rings is 7. The van der Waals surface area contributed by atoms with E-state index in [0.717, 1.165) is 54.4 Å². The van der Waals surface area contributed by atoms with E-state index in [2.05, 4.69) is 5.48 Å². The van der Waals surface area contributed by atoms with Gasteiger partial charge in [-0.1, -0.05) is 208 Å². The maximum Gasteiger partial charge on any atom is 0.338 e. The highest BCUT2D eigenvalue weighted by Gasteiger charge is 2.56. The Labute approximate surface area is 566 Å². The zero-order valence-electron chi connectivity index (χ0n) is 54.6. The van der Waals surface area contributed by atoms with Gasteiger partial charge >= 0.3 is 29.8 Å². The van der Waals surface area contributed by atoms with Crippen LogP contribution in [0.15, 0.2) is 212 Å². The highest BCUT2D eigenvalue weighted by Crippen LogP contribution is 2.39. The van der Waals surface area contributed by atoms with E-state index in [9.17, 15) is 19.2 Å². The van der Waals surface area contributed by atoms with Gasteiger partial charge < -0.3 is 61.7 Å². The Morgan fingerprint density at radius 3 is 1.43 bits per heavy atom. The van der Waals surface area contributed by atoms with Crippen LogP contribution in [0.2, 0.25) is 0 Å². The van der Waals surface area contributed by atoms with E-state index >= 15 is 4.79 Å². The van der Waals surface area contributed by atoms with Gasteiger partial charge in [0.15, 0.2) is 30.9 Å². The zero-order chi connectivity index (χ0) is 67.1. The molecule has 4 aliphatic rings. The normalized spacial score (nSPS) is 25.4. The quantitative estimate of drug-likeness (QED) is 0.0262. The molecule has 0 bridgehead atoms. The Morgan fingerprint density at radius 1 is 0.443 bits per heavy atom. The van der Waals surface area contributed by atoms with Crippen molar-refractivity contribution in [3.8, 4) is 0 Å². The average Bonchev–Trinajstić information content (AvgIpc) is 0.780. The molecule has 0 amide bonds. The van der Waals surface area contributed by atoms with Crippen LogP contribution >= 0.6 is 0 Å². The minimum Gasteiger partial charge on any atom is -0.459 e. The Bertz CT molecular complexity index is 3540. The van der Waals surface area contributed by atoms with E-state index in [1.54, 1.807) is 91.0 Å². The fourth-order valence-corrected chi connectivity index (χ4v) is 12.9. The lowest BCUT2D eigenvalue weighted by molar-refractivity contribution is -0.355. The maximum atomic E-state index is 15.0. The lowest BCUT2D eigenvalue weighted by Gasteiger charge is -2.49. The highest BCUT2D eigenvalue weighted by molar-refractivity contribution is 5.90. The number of rotatable bonds is 29. The second-order valence-electron chi connectivity index (χ2n) is 24.9. The summed E-state index contributed by atoms with van der Waals surface area (Å²) in [5.41, 5.74) is 6.92. The number of ether oxygens (including phenoxy) is 12. The molecule has 97 heavy (non-hydrogen) atoms. The first kappa shape index (κ1) is 69.9. The predicted octanol–water partition coefficient (Wildman–Crippen LogP) is 12.4. The van der Waals surface area contributed by atoms with E-state index in [4.69, 9.17) is 61.7 Å². The Morgan fingerprint density at radius 2 is 0.907 bits per heavy atom. The standard InChI is InChI=1S/C78H85NO18/c1-52-66(85-47-55-30-13-4-14-31-55)69(86-48-56-32-15-5-16-33-56)71(87-49-57-34-17-6-18-35-57)77(90-52)96-67-62(79-97-53(2)80)44-27-45-63(67)92-78-72(95-75(83)61-42-25-10-26-43-61)70(91-64(46-54-28-11-3-12-29-54)76(84)88-50-58-36-19-7-20-37-58)68(94-74(82)60-40-23-9-24-41-60)65(93-78)51-89-73(81)59-38-21-8-22-39-59/h4-10,13-26,30-43,52,54,62-72,77-79H,3,11-12,27-29,44-51H2,1-2H3/t52-,62+,63-,64+,65-,66+,67-,68+,69+,70+,71-,72-,77-,78-/m1/s1. The molecule has 0 unspecified atom stereocenters. The van der Waals surface area contributed by atoms with E-state index in [1.165, 1.54) is 6.92 Å². The molecule has 14 atom stereocenters. The number of nitrogens with one attached hydrogen (secondary N) is 1. The van der Waals surface area contributed by atoms with E-state index < -0.39 is 122 Å². The molecule has 19 nitrogen and oxygen atoms in total. The summed E-state index contributed by atoms with van der Waals surface area (Å²) in [7, 11) is 0. The van der Waals surface area contributed by atoms with Gasteiger partial charge in [-0.05, 0) is 97.2 Å². The largest absolute Gasteiger partial charge is 0.459 e. The minimum absolute atomic E-state index is 0.00855. The van der Waals surface area contributed by atoms with Gasteiger partial charge in [0, 0.05) is 6.92 Å². The monoisotopic (exact) mass is 1320 g/mol. The molecule has 4 fully saturated rings. The van der Waals surface area contributed by atoms with Gasteiger partial charge in [-0.15, -0.1) is 5.48 Å². The number of carbonyl (C=O) groups is 5. The van der Waals surface area contributed by atoms with Gasteiger partial charge in [0.1, 0.15) is 49.8 Å². The minimum atomic E-state index is -1.70. The van der Waals surface area contributed by atoms with Gasteiger partial charge in [0.25, 0.3) is 0 Å².